The molecule has 0 amide bonds. The van der Waals surface area contributed by atoms with Crippen LogP contribution < -0.4 is 4.74 Å². The maximum Gasteiger partial charge on any atom is 0.171 e. The van der Waals surface area contributed by atoms with Crippen molar-refractivity contribution in [2.24, 2.45) is 0 Å². The molecule has 0 saturated heterocycles. The zero-order valence-electron chi connectivity index (χ0n) is 9.77. The van der Waals surface area contributed by atoms with Crippen molar-refractivity contribution in [3.8, 4) is 11.5 Å². The highest BCUT2D eigenvalue weighted by Gasteiger charge is 2.05. The van der Waals surface area contributed by atoms with E-state index in [1.165, 1.54) is 0 Å². The summed E-state index contributed by atoms with van der Waals surface area (Å²) in [5.41, 5.74) is 1.90. The third kappa shape index (κ3) is 2.05. The lowest BCUT2D eigenvalue weighted by molar-refractivity contribution is 0.481. The lowest BCUT2D eigenvalue weighted by Gasteiger charge is -2.07. The summed E-state index contributed by atoms with van der Waals surface area (Å²) >= 11 is 6.03. The lowest BCUT2D eigenvalue weighted by atomic mass is 10.2. The van der Waals surface area contributed by atoms with E-state index in [0.717, 1.165) is 22.3 Å². The molecule has 0 fully saturated rings. The van der Waals surface area contributed by atoms with Crippen LogP contribution in [0.25, 0.3) is 10.9 Å². The number of ether oxygens (including phenoxy) is 1. The summed E-state index contributed by atoms with van der Waals surface area (Å²) in [7, 11) is 0. The van der Waals surface area contributed by atoms with E-state index in [-0.39, 0.29) is 0 Å². The average Bonchev–Trinajstić information content (AvgIpc) is 2.80. The van der Waals surface area contributed by atoms with Gasteiger partial charge in [0.05, 0.1) is 0 Å². The third-order valence-corrected chi connectivity index (χ3v) is 2.98. The minimum absolute atomic E-state index is 0.376. The molecule has 0 saturated carbocycles. The Balaban J connectivity index is 1.95. The van der Waals surface area contributed by atoms with Gasteiger partial charge in [-0.25, -0.2) is 4.98 Å². The fraction of sp³-hybridized carbons (Fsp3) is 0.0714. The SMILES string of the molecule is Cc1ccc(Oc2ccc3cc[nH]c3c2)c(Cl)n1. The van der Waals surface area contributed by atoms with E-state index >= 15 is 0 Å². The molecule has 0 aliphatic rings. The maximum absolute atomic E-state index is 6.03. The number of fused-ring (bicyclic) bond motifs is 1. The van der Waals surface area contributed by atoms with Crippen LogP contribution in [0.2, 0.25) is 5.15 Å². The van der Waals surface area contributed by atoms with Crippen molar-refractivity contribution in [1.29, 1.82) is 0 Å². The fourth-order valence-electron chi connectivity index (χ4n) is 1.81. The number of benzene rings is 1. The molecule has 0 radical (unpaired) electrons. The Kier molecular flexibility index (Phi) is 2.68. The van der Waals surface area contributed by atoms with Crippen molar-refractivity contribution in [2.45, 2.75) is 6.92 Å². The van der Waals surface area contributed by atoms with Gasteiger partial charge in [0, 0.05) is 23.5 Å². The van der Waals surface area contributed by atoms with Crippen molar-refractivity contribution >= 4 is 22.5 Å². The summed E-state index contributed by atoms with van der Waals surface area (Å²) in [6.45, 7) is 1.89. The van der Waals surface area contributed by atoms with Crippen molar-refractivity contribution in [3.05, 3.63) is 53.4 Å². The molecule has 0 atom stereocenters. The van der Waals surface area contributed by atoms with E-state index in [1.54, 1.807) is 0 Å². The van der Waals surface area contributed by atoms with Crippen LogP contribution in [0.4, 0.5) is 0 Å². The zero-order valence-corrected chi connectivity index (χ0v) is 10.5. The van der Waals surface area contributed by atoms with Crippen molar-refractivity contribution in [2.75, 3.05) is 0 Å². The number of aromatic nitrogens is 2. The smallest absolute Gasteiger partial charge is 0.171 e. The number of pyridine rings is 1. The van der Waals surface area contributed by atoms with Crippen LogP contribution >= 0.6 is 11.6 Å². The predicted octanol–water partition coefficient (Wildman–Crippen LogP) is 4.32. The molecule has 1 aromatic carbocycles. The first-order valence-electron chi connectivity index (χ1n) is 5.60. The second-order valence-corrected chi connectivity index (χ2v) is 4.43. The molecule has 18 heavy (non-hydrogen) atoms. The number of nitrogens with one attached hydrogen (secondary N) is 1. The maximum atomic E-state index is 6.03. The van der Waals surface area contributed by atoms with Gasteiger partial charge in [-0.15, -0.1) is 0 Å². The van der Waals surface area contributed by atoms with E-state index in [9.17, 15) is 0 Å². The van der Waals surface area contributed by atoms with Gasteiger partial charge in [-0.2, -0.15) is 0 Å². The summed E-state index contributed by atoms with van der Waals surface area (Å²) in [6, 6.07) is 11.5. The normalized spacial score (nSPS) is 10.8. The predicted molar refractivity (Wildman–Crippen MR) is 72.4 cm³/mol. The van der Waals surface area contributed by atoms with Crippen LogP contribution in [-0.4, -0.2) is 9.97 Å². The first kappa shape index (κ1) is 11.1. The molecule has 0 aliphatic heterocycles. The van der Waals surface area contributed by atoms with E-state index in [2.05, 4.69) is 9.97 Å². The Morgan fingerprint density at radius 3 is 2.89 bits per heavy atom. The molecule has 2 heterocycles. The van der Waals surface area contributed by atoms with Crippen LogP contribution in [0.5, 0.6) is 11.5 Å². The van der Waals surface area contributed by atoms with E-state index in [4.69, 9.17) is 16.3 Å². The van der Waals surface area contributed by atoms with Gasteiger partial charge in [-0.05, 0) is 42.6 Å². The molecule has 3 rings (SSSR count). The van der Waals surface area contributed by atoms with Crippen molar-refractivity contribution in [1.82, 2.24) is 9.97 Å². The van der Waals surface area contributed by atoms with E-state index < -0.39 is 0 Å². The molecule has 3 nitrogen and oxygen atoms in total. The van der Waals surface area contributed by atoms with Crippen LogP contribution in [0, 0.1) is 6.92 Å². The molecule has 1 N–H and O–H groups in total. The summed E-state index contributed by atoms with van der Waals surface area (Å²) in [5.74, 6) is 1.30. The number of aromatic amines is 1. The van der Waals surface area contributed by atoms with Crippen molar-refractivity contribution < 1.29 is 4.74 Å². The van der Waals surface area contributed by atoms with Gasteiger partial charge in [0.25, 0.3) is 0 Å². The van der Waals surface area contributed by atoms with Crippen LogP contribution in [-0.2, 0) is 0 Å². The van der Waals surface area contributed by atoms with Crippen LogP contribution in [0.1, 0.15) is 5.69 Å². The monoisotopic (exact) mass is 258 g/mol. The zero-order chi connectivity index (χ0) is 12.5. The Morgan fingerprint density at radius 1 is 1.17 bits per heavy atom. The van der Waals surface area contributed by atoms with Gasteiger partial charge in [-0.1, -0.05) is 11.6 Å². The summed E-state index contributed by atoms with van der Waals surface area (Å²) in [4.78, 5) is 7.30. The van der Waals surface area contributed by atoms with Crippen molar-refractivity contribution in [3.63, 3.8) is 0 Å². The topological polar surface area (TPSA) is 37.9 Å². The van der Waals surface area contributed by atoms with Gasteiger partial charge in [0.1, 0.15) is 5.75 Å². The molecule has 90 valence electrons. The summed E-state index contributed by atoms with van der Waals surface area (Å²) in [5, 5.41) is 1.53. The fourth-order valence-corrected chi connectivity index (χ4v) is 2.04. The van der Waals surface area contributed by atoms with Gasteiger partial charge < -0.3 is 9.72 Å². The highest BCUT2D eigenvalue weighted by molar-refractivity contribution is 6.30. The third-order valence-electron chi connectivity index (χ3n) is 2.71. The Morgan fingerprint density at radius 2 is 2.06 bits per heavy atom. The molecule has 0 spiro atoms. The number of hydrogen-bond acceptors (Lipinski definition) is 2. The first-order valence-corrected chi connectivity index (χ1v) is 5.98. The minimum atomic E-state index is 0.376. The first-order chi connectivity index (χ1) is 8.72. The molecular formula is C14H11ClN2O. The Hall–Kier alpha value is -2.00. The molecule has 4 heteroatoms. The van der Waals surface area contributed by atoms with Gasteiger partial charge in [-0.3, -0.25) is 0 Å². The molecule has 2 aromatic heterocycles. The largest absolute Gasteiger partial charge is 0.454 e. The van der Waals surface area contributed by atoms with Gasteiger partial charge in [0.15, 0.2) is 10.9 Å². The Labute approximate surface area is 109 Å². The highest BCUT2D eigenvalue weighted by atomic mass is 35.5. The standard InChI is InChI=1S/C14H11ClN2O/c1-9-2-5-13(14(15)17-9)18-11-4-3-10-6-7-16-12(10)8-11/h2-8,16H,1H3. The number of halogens is 1. The molecular weight excluding hydrogens is 248 g/mol. The Bertz CT molecular complexity index is 706. The number of aryl methyl sites for hydroxylation is 1. The highest BCUT2D eigenvalue weighted by Crippen LogP contribution is 2.29. The second-order valence-electron chi connectivity index (χ2n) is 4.07. The molecule has 0 bridgehead atoms. The van der Waals surface area contributed by atoms with Gasteiger partial charge in [0.2, 0.25) is 0 Å². The molecule has 3 aromatic rings. The van der Waals surface area contributed by atoms with Gasteiger partial charge >= 0.3 is 0 Å². The van der Waals surface area contributed by atoms with E-state index in [1.807, 2.05) is 49.5 Å². The van der Waals surface area contributed by atoms with Crippen LogP contribution in [0.15, 0.2) is 42.6 Å². The lowest BCUT2D eigenvalue weighted by Crippen LogP contribution is -1.89. The molecule has 0 unspecified atom stereocenters. The second kappa shape index (κ2) is 4.35. The number of hydrogen-bond donors (Lipinski definition) is 1. The average molecular weight is 259 g/mol. The number of nitrogens with zero attached hydrogens (tertiary/aromatic N) is 1. The summed E-state index contributed by atoms with van der Waals surface area (Å²) < 4.78 is 5.73. The van der Waals surface area contributed by atoms with E-state index in [0.29, 0.717) is 10.9 Å². The minimum Gasteiger partial charge on any atom is -0.454 e. The number of H-pyrrole nitrogens is 1. The molecule has 0 aliphatic carbocycles. The van der Waals surface area contributed by atoms with Crippen LogP contribution in [0.3, 0.4) is 0 Å². The summed E-state index contributed by atoms with van der Waals surface area (Å²) in [6.07, 6.45) is 1.90. The number of rotatable bonds is 2. The quantitative estimate of drug-likeness (QED) is 0.695.